The first-order chi connectivity index (χ1) is 8.52. The van der Waals surface area contributed by atoms with Gasteiger partial charge in [0.1, 0.15) is 4.51 Å². The third kappa shape index (κ3) is 3.39. The van der Waals surface area contributed by atoms with E-state index < -0.39 is 0 Å². The molecule has 1 aromatic rings. The van der Waals surface area contributed by atoms with E-state index in [2.05, 4.69) is 23.6 Å². The van der Waals surface area contributed by atoms with Crippen LogP contribution >= 0.6 is 12.2 Å². The molecule has 3 nitrogen and oxygen atoms in total. The largest absolute Gasteiger partial charge is 0.372 e. The second-order valence-corrected chi connectivity index (χ2v) is 5.30. The van der Waals surface area contributed by atoms with Gasteiger partial charge in [-0.3, -0.25) is 4.79 Å². The van der Waals surface area contributed by atoms with E-state index in [-0.39, 0.29) is 5.43 Å². The fraction of sp³-hybridized carbons (Fsp3) is 0.714. The molecule has 0 heterocycles. The topological polar surface area (TPSA) is 23.6 Å². The highest BCUT2D eigenvalue weighted by molar-refractivity contribution is 7.71. The number of anilines is 1. The standard InChI is InChI=1S/C14H24N2OS/c1-5-7-16(8-6-2)10-9-15(4)12-11(3)13(17)14(12)18/h5-10H2,1-4H3. The first-order valence-electron chi connectivity index (χ1n) is 6.76. The van der Waals surface area contributed by atoms with Gasteiger partial charge in [0, 0.05) is 25.7 Å². The maximum atomic E-state index is 11.4. The van der Waals surface area contributed by atoms with E-state index in [4.69, 9.17) is 12.2 Å². The van der Waals surface area contributed by atoms with Gasteiger partial charge in [0.15, 0.2) is 0 Å². The minimum atomic E-state index is 0.0471. The van der Waals surface area contributed by atoms with E-state index in [0.717, 1.165) is 37.4 Å². The molecule has 0 radical (unpaired) electrons. The maximum Gasteiger partial charge on any atom is 0.203 e. The molecule has 0 aliphatic heterocycles. The van der Waals surface area contributed by atoms with Gasteiger partial charge in [-0.25, -0.2) is 0 Å². The maximum absolute atomic E-state index is 11.4. The molecule has 0 aliphatic carbocycles. The van der Waals surface area contributed by atoms with Gasteiger partial charge >= 0.3 is 0 Å². The normalized spacial score (nSPS) is 11.4. The molecule has 102 valence electrons. The summed E-state index contributed by atoms with van der Waals surface area (Å²) in [7, 11) is 2.02. The third-order valence-corrected chi connectivity index (χ3v) is 3.71. The fourth-order valence-electron chi connectivity index (χ4n) is 2.32. The van der Waals surface area contributed by atoms with Crippen LogP contribution in [0.4, 0.5) is 5.69 Å². The Bertz CT molecular complexity index is 443. The molecule has 4 heteroatoms. The molecule has 0 aliphatic rings. The molecule has 0 spiro atoms. The van der Waals surface area contributed by atoms with Gasteiger partial charge in [-0.15, -0.1) is 0 Å². The molecule has 0 saturated carbocycles. The lowest BCUT2D eigenvalue weighted by atomic mass is 10.1. The fourth-order valence-corrected chi connectivity index (χ4v) is 2.79. The zero-order valence-corrected chi connectivity index (χ0v) is 12.8. The summed E-state index contributed by atoms with van der Waals surface area (Å²) in [5.41, 5.74) is 1.84. The van der Waals surface area contributed by atoms with Crippen LogP contribution < -0.4 is 10.3 Å². The Balaban J connectivity index is 2.53. The highest BCUT2D eigenvalue weighted by atomic mass is 32.1. The highest BCUT2D eigenvalue weighted by Gasteiger charge is 2.17. The second kappa shape index (κ2) is 7.00. The Hall–Kier alpha value is -0.740. The molecule has 0 amide bonds. The Labute approximate surface area is 115 Å². The summed E-state index contributed by atoms with van der Waals surface area (Å²) >= 11 is 5.10. The Morgan fingerprint density at radius 3 is 2.06 bits per heavy atom. The minimum Gasteiger partial charge on any atom is -0.372 e. The molecule has 0 atom stereocenters. The predicted molar refractivity (Wildman–Crippen MR) is 80.9 cm³/mol. The van der Waals surface area contributed by atoms with Gasteiger partial charge in [0.25, 0.3) is 0 Å². The number of nitrogens with zero attached hydrogens (tertiary/aromatic N) is 2. The van der Waals surface area contributed by atoms with Crippen LogP contribution in [0, 0.1) is 11.4 Å². The molecule has 1 aromatic carbocycles. The van der Waals surface area contributed by atoms with Crippen molar-refractivity contribution in [1.29, 1.82) is 0 Å². The zero-order chi connectivity index (χ0) is 13.7. The lowest BCUT2D eigenvalue weighted by molar-refractivity contribution is 0.281. The molecule has 1 rings (SSSR count). The van der Waals surface area contributed by atoms with Crippen LogP contribution in [0.25, 0.3) is 0 Å². The average molecular weight is 268 g/mol. The summed E-state index contributed by atoms with van der Waals surface area (Å²) in [5, 5.41) is 0. The van der Waals surface area contributed by atoms with Crippen LogP contribution in [0.3, 0.4) is 0 Å². The van der Waals surface area contributed by atoms with Crippen molar-refractivity contribution < 1.29 is 0 Å². The molecular weight excluding hydrogens is 244 g/mol. The van der Waals surface area contributed by atoms with Gasteiger partial charge < -0.3 is 9.80 Å². The molecule has 0 N–H and O–H groups in total. The van der Waals surface area contributed by atoms with E-state index in [1.54, 1.807) is 0 Å². The van der Waals surface area contributed by atoms with Crippen LogP contribution in [0.5, 0.6) is 0 Å². The molecule has 18 heavy (non-hydrogen) atoms. The number of likely N-dealkylation sites (N-methyl/N-ethyl adjacent to an activating group) is 1. The van der Waals surface area contributed by atoms with Crippen LogP contribution in [-0.4, -0.2) is 38.1 Å². The summed E-state index contributed by atoms with van der Waals surface area (Å²) in [4.78, 5) is 16.0. The predicted octanol–water partition coefficient (Wildman–Crippen LogP) is 2.52. The highest BCUT2D eigenvalue weighted by Crippen LogP contribution is 2.19. The van der Waals surface area contributed by atoms with Crippen molar-refractivity contribution in [2.45, 2.75) is 33.6 Å². The van der Waals surface area contributed by atoms with Gasteiger partial charge in [-0.05, 0) is 32.9 Å². The van der Waals surface area contributed by atoms with Crippen molar-refractivity contribution in [1.82, 2.24) is 4.90 Å². The summed E-state index contributed by atoms with van der Waals surface area (Å²) in [6, 6.07) is 0. The van der Waals surface area contributed by atoms with Crippen molar-refractivity contribution >= 4 is 17.9 Å². The number of hydrogen-bond donors (Lipinski definition) is 0. The Kier molecular flexibility index (Phi) is 5.96. The molecule has 0 saturated heterocycles. The Morgan fingerprint density at radius 2 is 1.61 bits per heavy atom. The average Bonchev–Trinajstić information content (AvgIpc) is 2.36. The van der Waals surface area contributed by atoms with E-state index in [0.29, 0.717) is 4.51 Å². The van der Waals surface area contributed by atoms with Gasteiger partial charge in [0.05, 0.1) is 5.69 Å². The first-order valence-corrected chi connectivity index (χ1v) is 7.17. The SMILES string of the molecule is CCCN(CCC)CCN(C)c1c(C)c(=O)c1=S. The summed E-state index contributed by atoms with van der Waals surface area (Å²) in [5.74, 6) is 0. The minimum absolute atomic E-state index is 0.0471. The van der Waals surface area contributed by atoms with Crippen LogP contribution in [-0.2, 0) is 0 Å². The van der Waals surface area contributed by atoms with Crippen molar-refractivity contribution in [3.8, 4) is 0 Å². The summed E-state index contributed by atoms with van der Waals surface area (Å²) in [6.45, 7) is 10.5. The van der Waals surface area contributed by atoms with E-state index >= 15 is 0 Å². The first kappa shape index (κ1) is 15.3. The summed E-state index contributed by atoms with van der Waals surface area (Å²) < 4.78 is 0.507. The molecule has 0 fully saturated rings. The van der Waals surface area contributed by atoms with Crippen molar-refractivity contribution in [2.75, 3.05) is 38.1 Å². The number of hydrogen-bond acceptors (Lipinski definition) is 4. The molecule has 0 unspecified atom stereocenters. The Morgan fingerprint density at radius 1 is 1.06 bits per heavy atom. The van der Waals surface area contributed by atoms with Crippen LogP contribution in [0.1, 0.15) is 32.3 Å². The van der Waals surface area contributed by atoms with Crippen molar-refractivity contribution in [2.24, 2.45) is 0 Å². The van der Waals surface area contributed by atoms with Crippen molar-refractivity contribution in [3.63, 3.8) is 0 Å². The smallest absolute Gasteiger partial charge is 0.203 e. The number of rotatable bonds is 8. The quantitative estimate of drug-likeness (QED) is 0.676. The van der Waals surface area contributed by atoms with Crippen LogP contribution in [0.2, 0.25) is 0 Å². The lowest BCUT2D eigenvalue weighted by Gasteiger charge is -2.27. The zero-order valence-electron chi connectivity index (χ0n) is 12.0. The third-order valence-electron chi connectivity index (χ3n) is 3.33. The van der Waals surface area contributed by atoms with Gasteiger partial charge in [-0.2, -0.15) is 0 Å². The van der Waals surface area contributed by atoms with Crippen molar-refractivity contribution in [3.05, 3.63) is 20.3 Å². The molecule has 0 bridgehead atoms. The second-order valence-electron chi connectivity index (χ2n) is 4.90. The van der Waals surface area contributed by atoms with Crippen LogP contribution in [0.15, 0.2) is 4.79 Å². The molecular formula is C14H24N2OS. The van der Waals surface area contributed by atoms with Gasteiger partial charge in [0.2, 0.25) is 5.43 Å². The van der Waals surface area contributed by atoms with Gasteiger partial charge in [-0.1, -0.05) is 26.1 Å². The monoisotopic (exact) mass is 268 g/mol. The molecule has 0 aromatic heterocycles. The van der Waals surface area contributed by atoms with E-state index in [9.17, 15) is 4.79 Å². The summed E-state index contributed by atoms with van der Waals surface area (Å²) in [6.07, 6.45) is 2.37. The lowest BCUT2D eigenvalue weighted by Crippen LogP contribution is -2.36. The van der Waals surface area contributed by atoms with E-state index in [1.165, 1.54) is 12.8 Å². The van der Waals surface area contributed by atoms with E-state index in [1.807, 2.05) is 14.0 Å².